The smallest absolute Gasteiger partial charge is 0.142 e. The normalized spacial score (nSPS) is 14.9. The van der Waals surface area contributed by atoms with Gasteiger partial charge < -0.3 is 10.2 Å². The monoisotopic (exact) mass is 320 g/mol. The van der Waals surface area contributed by atoms with Crippen LogP contribution in [-0.4, -0.2) is 31.6 Å². The van der Waals surface area contributed by atoms with Gasteiger partial charge in [0.15, 0.2) is 0 Å². The minimum absolute atomic E-state index is 0.100. The fraction of sp³-hybridized carbons (Fsp3) is 0.600. The maximum Gasteiger partial charge on any atom is 0.142 e. The van der Waals surface area contributed by atoms with E-state index in [1.807, 2.05) is 6.92 Å². The molecule has 0 aromatic heterocycles. The Hall–Kier alpha value is -0.350. The van der Waals surface area contributed by atoms with Crippen molar-refractivity contribution in [3.63, 3.8) is 0 Å². The number of rotatable bonds is 6. The molecule has 1 rings (SSSR count). The zero-order chi connectivity index (χ0) is 15.4. The predicted molar refractivity (Wildman–Crippen MR) is 85.2 cm³/mol. The van der Waals surface area contributed by atoms with Crippen molar-refractivity contribution in [2.24, 2.45) is 5.92 Å². The number of hydrogen-bond donors (Lipinski definition) is 1. The molecule has 0 heterocycles. The highest BCUT2D eigenvalue weighted by molar-refractivity contribution is 6.36. The van der Waals surface area contributed by atoms with Gasteiger partial charge in [-0.15, -0.1) is 0 Å². The van der Waals surface area contributed by atoms with E-state index >= 15 is 0 Å². The zero-order valence-electron chi connectivity index (χ0n) is 12.7. The van der Waals surface area contributed by atoms with Gasteiger partial charge in [-0.05, 0) is 39.1 Å². The third-order valence-corrected chi connectivity index (χ3v) is 4.29. The molecule has 1 aromatic carbocycles. The van der Waals surface area contributed by atoms with E-state index in [1.165, 1.54) is 6.07 Å². The summed E-state index contributed by atoms with van der Waals surface area (Å²) >= 11 is 12.2. The summed E-state index contributed by atoms with van der Waals surface area (Å²) < 4.78 is 13.5. The molecule has 0 fully saturated rings. The van der Waals surface area contributed by atoms with Gasteiger partial charge in [-0.2, -0.15) is 0 Å². The van der Waals surface area contributed by atoms with Crippen LogP contribution in [-0.2, 0) is 0 Å². The van der Waals surface area contributed by atoms with Crippen LogP contribution in [0.15, 0.2) is 12.1 Å². The standard InChI is InChI=1S/C15H23Cl2FN2/c1-9(2)13(20(4)5)8-19-10(3)14-11(16)6-7-12(18)15(14)17/h6-7,9-10,13,19H,8H2,1-5H3. The van der Waals surface area contributed by atoms with Crippen molar-refractivity contribution in [1.29, 1.82) is 0 Å². The SMILES string of the molecule is CC(NCC(C(C)C)N(C)C)c1c(Cl)ccc(F)c1Cl. The highest BCUT2D eigenvalue weighted by Crippen LogP contribution is 2.32. The van der Waals surface area contributed by atoms with Gasteiger partial charge >= 0.3 is 0 Å². The van der Waals surface area contributed by atoms with E-state index in [9.17, 15) is 4.39 Å². The van der Waals surface area contributed by atoms with E-state index in [-0.39, 0.29) is 11.1 Å². The van der Waals surface area contributed by atoms with Crippen molar-refractivity contribution in [2.75, 3.05) is 20.6 Å². The molecule has 1 aromatic rings. The molecule has 0 saturated carbocycles. The highest BCUT2D eigenvalue weighted by Gasteiger charge is 2.20. The van der Waals surface area contributed by atoms with Crippen molar-refractivity contribution < 1.29 is 4.39 Å². The molecule has 0 radical (unpaired) electrons. The first-order chi connectivity index (χ1) is 9.25. The molecule has 0 spiro atoms. The number of halogens is 3. The number of nitrogens with one attached hydrogen (secondary N) is 1. The Morgan fingerprint density at radius 3 is 2.30 bits per heavy atom. The van der Waals surface area contributed by atoms with Gasteiger partial charge in [0.25, 0.3) is 0 Å². The molecule has 2 nitrogen and oxygen atoms in total. The van der Waals surface area contributed by atoms with E-state index in [2.05, 4.69) is 38.2 Å². The predicted octanol–water partition coefficient (Wildman–Crippen LogP) is 4.37. The second-order valence-electron chi connectivity index (χ2n) is 5.66. The van der Waals surface area contributed by atoms with Gasteiger partial charge in [0.2, 0.25) is 0 Å². The highest BCUT2D eigenvalue weighted by atomic mass is 35.5. The van der Waals surface area contributed by atoms with Crippen molar-refractivity contribution in [2.45, 2.75) is 32.9 Å². The number of benzene rings is 1. The molecule has 2 atom stereocenters. The summed E-state index contributed by atoms with van der Waals surface area (Å²) in [4.78, 5) is 2.18. The third-order valence-electron chi connectivity index (χ3n) is 3.58. The maximum atomic E-state index is 13.5. The lowest BCUT2D eigenvalue weighted by atomic mass is 10.0. The van der Waals surface area contributed by atoms with Crippen LogP contribution >= 0.6 is 23.2 Å². The first-order valence-electron chi connectivity index (χ1n) is 6.78. The Morgan fingerprint density at radius 2 is 1.80 bits per heavy atom. The van der Waals surface area contributed by atoms with Crippen LogP contribution in [0.2, 0.25) is 10.0 Å². The van der Waals surface area contributed by atoms with Gasteiger partial charge in [0.05, 0.1) is 5.02 Å². The second kappa shape index (κ2) is 7.60. The number of hydrogen-bond acceptors (Lipinski definition) is 2. The molecule has 0 bridgehead atoms. The lowest BCUT2D eigenvalue weighted by Gasteiger charge is -2.30. The van der Waals surface area contributed by atoms with Crippen LogP contribution < -0.4 is 5.32 Å². The van der Waals surface area contributed by atoms with E-state index in [0.29, 0.717) is 22.5 Å². The average molecular weight is 321 g/mol. The van der Waals surface area contributed by atoms with Crippen molar-refractivity contribution in [3.8, 4) is 0 Å². The van der Waals surface area contributed by atoms with E-state index in [4.69, 9.17) is 23.2 Å². The third kappa shape index (κ3) is 4.32. The molecular formula is C15H23Cl2FN2. The van der Waals surface area contributed by atoms with Gasteiger partial charge in [0.1, 0.15) is 5.82 Å². The molecule has 114 valence electrons. The summed E-state index contributed by atoms with van der Waals surface area (Å²) in [6.45, 7) is 7.09. The van der Waals surface area contributed by atoms with Gasteiger partial charge in [-0.25, -0.2) is 4.39 Å². The van der Waals surface area contributed by atoms with Gasteiger partial charge in [0, 0.05) is 29.2 Å². The molecule has 0 aliphatic carbocycles. The Kier molecular flexibility index (Phi) is 6.73. The molecule has 0 aliphatic heterocycles. The van der Waals surface area contributed by atoms with Crippen molar-refractivity contribution >= 4 is 23.2 Å². The minimum atomic E-state index is -0.437. The fourth-order valence-electron chi connectivity index (χ4n) is 2.35. The Bertz CT molecular complexity index is 442. The molecule has 20 heavy (non-hydrogen) atoms. The molecule has 0 aliphatic rings. The summed E-state index contributed by atoms with van der Waals surface area (Å²) in [7, 11) is 4.11. The fourth-order valence-corrected chi connectivity index (χ4v) is 3.05. The van der Waals surface area contributed by atoms with Crippen LogP contribution in [0.4, 0.5) is 4.39 Å². The van der Waals surface area contributed by atoms with Crippen molar-refractivity contribution in [3.05, 3.63) is 33.6 Å². The summed E-state index contributed by atoms with van der Waals surface area (Å²) in [6, 6.07) is 3.12. The van der Waals surface area contributed by atoms with Crippen LogP contribution in [0.5, 0.6) is 0 Å². The lowest BCUT2D eigenvalue weighted by Crippen LogP contribution is -2.42. The first kappa shape index (κ1) is 17.7. The summed E-state index contributed by atoms with van der Waals surface area (Å²) in [5, 5.41) is 3.98. The van der Waals surface area contributed by atoms with Gasteiger partial charge in [-0.3, -0.25) is 0 Å². The topological polar surface area (TPSA) is 15.3 Å². The first-order valence-corrected chi connectivity index (χ1v) is 7.54. The van der Waals surface area contributed by atoms with E-state index < -0.39 is 5.82 Å². The Labute approximate surface area is 131 Å². The number of nitrogens with zero attached hydrogens (tertiary/aromatic N) is 1. The summed E-state index contributed by atoms with van der Waals surface area (Å²) in [5.74, 6) is 0.0795. The molecule has 0 saturated heterocycles. The van der Waals surface area contributed by atoms with Crippen LogP contribution in [0, 0.1) is 11.7 Å². The average Bonchev–Trinajstić information content (AvgIpc) is 2.33. The summed E-state index contributed by atoms with van der Waals surface area (Å²) in [6.07, 6.45) is 0. The zero-order valence-corrected chi connectivity index (χ0v) is 14.2. The van der Waals surface area contributed by atoms with E-state index in [1.54, 1.807) is 6.07 Å². The molecule has 1 N–H and O–H groups in total. The number of likely N-dealkylation sites (N-methyl/N-ethyl adjacent to an activating group) is 1. The largest absolute Gasteiger partial charge is 0.309 e. The Morgan fingerprint density at radius 1 is 1.20 bits per heavy atom. The maximum absolute atomic E-state index is 13.5. The molecule has 2 unspecified atom stereocenters. The molecule has 0 amide bonds. The molecule has 5 heteroatoms. The van der Waals surface area contributed by atoms with Crippen LogP contribution in [0.1, 0.15) is 32.4 Å². The Balaban J connectivity index is 2.82. The lowest BCUT2D eigenvalue weighted by molar-refractivity contribution is 0.220. The summed E-state index contributed by atoms with van der Waals surface area (Å²) in [5.41, 5.74) is 0.620. The minimum Gasteiger partial charge on any atom is -0.309 e. The quantitative estimate of drug-likeness (QED) is 0.783. The van der Waals surface area contributed by atoms with Crippen LogP contribution in [0.3, 0.4) is 0 Å². The van der Waals surface area contributed by atoms with Gasteiger partial charge in [-0.1, -0.05) is 37.0 Å². The van der Waals surface area contributed by atoms with Crippen LogP contribution in [0.25, 0.3) is 0 Å². The second-order valence-corrected chi connectivity index (χ2v) is 6.45. The molecular weight excluding hydrogens is 298 g/mol. The van der Waals surface area contributed by atoms with Crippen molar-refractivity contribution in [1.82, 2.24) is 10.2 Å². The van der Waals surface area contributed by atoms with E-state index in [0.717, 1.165) is 6.54 Å².